The Morgan fingerprint density at radius 3 is 2.46 bits per heavy atom. The van der Waals surface area contributed by atoms with E-state index in [2.05, 4.69) is 5.43 Å². The first-order chi connectivity index (χ1) is 6.15. The molecule has 1 amide bonds. The lowest BCUT2D eigenvalue weighted by Crippen LogP contribution is -2.45. The predicted octanol–water partition coefficient (Wildman–Crippen LogP) is 0.570. The lowest BCUT2D eigenvalue weighted by molar-refractivity contribution is -0.144. The van der Waals surface area contributed by atoms with Crippen molar-refractivity contribution in [3.05, 3.63) is 0 Å². The lowest BCUT2D eigenvalue weighted by atomic mass is 9.95. The molecule has 1 aliphatic carbocycles. The molecule has 1 atom stereocenters. The Hall–Kier alpha value is -0.610. The number of nitrogens with one attached hydrogen (secondary N) is 1. The normalized spacial score (nSPS) is 19.7. The maximum atomic E-state index is 11.3. The van der Waals surface area contributed by atoms with Crippen LogP contribution in [-0.2, 0) is 9.53 Å². The summed E-state index contributed by atoms with van der Waals surface area (Å²) in [6, 6.07) is 0. The topological polar surface area (TPSA) is 64.3 Å². The molecule has 13 heavy (non-hydrogen) atoms. The minimum atomic E-state index is -0.393. The fourth-order valence-electron chi connectivity index (χ4n) is 1.32. The molecule has 1 saturated carbocycles. The van der Waals surface area contributed by atoms with Crippen LogP contribution in [0.25, 0.3) is 0 Å². The van der Waals surface area contributed by atoms with Crippen LogP contribution < -0.4 is 11.3 Å². The highest BCUT2D eigenvalue weighted by molar-refractivity contribution is 5.80. The number of carbonyl (C=O) groups excluding carboxylic acids is 1. The third-order valence-electron chi connectivity index (χ3n) is 2.40. The summed E-state index contributed by atoms with van der Waals surface area (Å²) in [5.41, 5.74) is 2.14. The van der Waals surface area contributed by atoms with Crippen molar-refractivity contribution in [3.63, 3.8) is 0 Å². The standard InChI is InChI=1S/C9H18N2O2/c1-6(2)8(9(12)11-10)13-7-4-3-5-7/h6-8H,3-5,10H2,1-2H3,(H,11,12). The SMILES string of the molecule is CC(C)C(OC1CCC1)C(=O)NN. The van der Waals surface area contributed by atoms with E-state index in [-0.39, 0.29) is 17.9 Å². The van der Waals surface area contributed by atoms with Crippen molar-refractivity contribution in [2.45, 2.75) is 45.3 Å². The van der Waals surface area contributed by atoms with Crippen LogP contribution >= 0.6 is 0 Å². The summed E-state index contributed by atoms with van der Waals surface area (Å²) in [5.74, 6) is 5.02. The molecule has 0 saturated heterocycles. The predicted molar refractivity (Wildman–Crippen MR) is 49.7 cm³/mol. The zero-order valence-electron chi connectivity index (χ0n) is 8.25. The maximum absolute atomic E-state index is 11.3. The van der Waals surface area contributed by atoms with E-state index in [0.29, 0.717) is 0 Å². The zero-order valence-corrected chi connectivity index (χ0v) is 8.25. The van der Waals surface area contributed by atoms with Gasteiger partial charge in [-0.3, -0.25) is 10.2 Å². The van der Waals surface area contributed by atoms with E-state index in [0.717, 1.165) is 12.8 Å². The molecule has 0 heterocycles. The van der Waals surface area contributed by atoms with Gasteiger partial charge in [0.15, 0.2) is 0 Å². The number of rotatable bonds is 4. The summed E-state index contributed by atoms with van der Waals surface area (Å²) in [5, 5.41) is 0. The Kier molecular flexibility index (Phi) is 3.69. The van der Waals surface area contributed by atoms with E-state index in [9.17, 15) is 4.79 Å². The van der Waals surface area contributed by atoms with Gasteiger partial charge in [0.25, 0.3) is 5.91 Å². The minimum absolute atomic E-state index is 0.171. The summed E-state index contributed by atoms with van der Waals surface area (Å²) in [7, 11) is 0. The van der Waals surface area contributed by atoms with E-state index in [4.69, 9.17) is 10.6 Å². The van der Waals surface area contributed by atoms with Crippen molar-refractivity contribution < 1.29 is 9.53 Å². The Balaban J connectivity index is 2.41. The van der Waals surface area contributed by atoms with Crippen LogP contribution in [0.5, 0.6) is 0 Å². The highest BCUT2D eigenvalue weighted by Gasteiger charge is 2.28. The summed E-state index contributed by atoms with van der Waals surface area (Å²) in [6.45, 7) is 3.91. The van der Waals surface area contributed by atoms with Crippen LogP contribution in [0, 0.1) is 5.92 Å². The average molecular weight is 186 g/mol. The quantitative estimate of drug-likeness (QED) is 0.383. The molecule has 1 fully saturated rings. The smallest absolute Gasteiger partial charge is 0.263 e. The van der Waals surface area contributed by atoms with Gasteiger partial charge in [-0.25, -0.2) is 5.84 Å². The van der Waals surface area contributed by atoms with Crippen LogP contribution in [0.3, 0.4) is 0 Å². The Morgan fingerprint density at radius 1 is 1.54 bits per heavy atom. The van der Waals surface area contributed by atoms with Crippen molar-refractivity contribution in [1.29, 1.82) is 0 Å². The van der Waals surface area contributed by atoms with Crippen molar-refractivity contribution in [2.75, 3.05) is 0 Å². The van der Waals surface area contributed by atoms with Crippen molar-refractivity contribution >= 4 is 5.91 Å². The zero-order chi connectivity index (χ0) is 9.84. The number of carbonyl (C=O) groups is 1. The summed E-state index contributed by atoms with van der Waals surface area (Å²) in [4.78, 5) is 11.3. The first kappa shape index (κ1) is 10.5. The molecular formula is C9H18N2O2. The molecule has 0 aromatic carbocycles. The number of amides is 1. The second-order valence-electron chi connectivity index (χ2n) is 3.86. The minimum Gasteiger partial charge on any atom is -0.365 e. The van der Waals surface area contributed by atoms with Gasteiger partial charge in [-0.05, 0) is 25.2 Å². The van der Waals surface area contributed by atoms with E-state index in [1.54, 1.807) is 0 Å². The van der Waals surface area contributed by atoms with E-state index < -0.39 is 6.10 Å². The van der Waals surface area contributed by atoms with E-state index in [1.165, 1.54) is 6.42 Å². The largest absolute Gasteiger partial charge is 0.365 e. The fourth-order valence-corrected chi connectivity index (χ4v) is 1.32. The van der Waals surface area contributed by atoms with Crippen LogP contribution in [0.2, 0.25) is 0 Å². The summed E-state index contributed by atoms with van der Waals surface area (Å²) >= 11 is 0. The number of ether oxygens (including phenoxy) is 1. The number of hydrogen-bond acceptors (Lipinski definition) is 3. The van der Waals surface area contributed by atoms with Gasteiger partial charge in [-0.15, -0.1) is 0 Å². The van der Waals surface area contributed by atoms with E-state index >= 15 is 0 Å². The molecule has 0 spiro atoms. The second kappa shape index (κ2) is 4.58. The van der Waals surface area contributed by atoms with E-state index in [1.807, 2.05) is 13.8 Å². The molecule has 76 valence electrons. The Morgan fingerprint density at radius 2 is 2.15 bits per heavy atom. The van der Waals surface area contributed by atoms with Crippen molar-refractivity contribution in [3.8, 4) is 0 Å². The summed E-state index contributed by atoms with van der Waals surface area (Å²) < 4.78 is 5.61. The first-order valence-electron chi connectivity index (χ1n) is 4.81. The molecule has 0 radical (unpaired) electrons. The molecule has 1 aliphatic rings. The molecule has 0 aliphatic heterocycles. The average Bonchev–Trinajstić information content (AvgIpc) is 2.00. The molecule has 4 heteroatoms. The molecule has 1 unspecified atom stereocenters. The monoisotopic (exact) mass is 186 g/mol. The highest BCUT2D eigenvalue weighted by atomic mass is 16.5. The van der Waals surface area contributed by atoms with Gasteiger partial charge < -0.3 is 4.74 Å². The Bertz CT molecular complexity index is 178. The maximum Gasteiger partial charge on any atom is 0.263 e. The van der Waals surface area contributed by atoms with Crippen LogP contribution in [0.15, 0.2) is 0 Å². The molecular weight excluding hydrogens is 168 g/mol. The number of hydrogen-bond donors (Lipinski definition) is 2. The van der Waals surface area contributed by atoms with Crippen LogP contribution in [0.1, 0.15) is 33.1 Å². The Labute approximate surface area is 78.8 Å². The molecule has 0 bridgehead atoms. The van der Waals surface area contributed by atoms with Gasteiger partial charge in [0.1, 0.15) is 6.10 Å². The molecule has 4 nitrogen and oxygen atoms in total. The molecule has 0 aromatic heterocycles. The van der Waals surface area contributed by atoms with Crippen molar-refractivity contribution in [1.82, 2.24) is 5.43 Å². The van der Waals surface area contributed by atoms with Gasteiger partial charge in [-0.1, -0.05) is 13.8 Å². The number of hydrazine groups is 1. The lowest BCUT2D eigenvalue weighted by Gasteiger charge is -2.31. The van der Waals surface area contributed by atoms with Gasteiger partial charge in [0, 0.05) is 0 Å². The van der Waals surface area contributed by atoms with Gasteiger partial charge >= 0.3 is 0 Å². The summed E-state index contributed by atoms with van der Waals surface area (Å²) in [6.07, 6.45) is 3.22. The van der Waals surface area contributed by atoms with Crippen LogP contribution in [0.4, 0.5) is 0 Å². The van der Waals surface area contributed by atoms with Gasteiger partial charge in [-0.2, -0.15) is 0 Å². The van der Waals surface area contributed by atoms with Gasteiger partial charge in [0.05, 0.1) is 6.10 Å². The second-order valence-corrected chi connectivity index (χ2v) is 3.86. The van der Waals surface area contributed by atoms with Crippen LogP contribution in [-0.4, -0.2) is 18.1 Å². The number of nitrogens with two attached hydrogens (primary N) is 1. The molecule has 0 aromatic rings. The first-order valence-corrected chi connectivity index (χ1v) is 4.81. The molecule has 3 N–H and O–H groups in total. The van der Waals surface area contributed by atoms with Crippen molar-refractivity contribution in [2.24, 2.45) is 11.8 Å². The molecule has 1 rings (SSSR count). The highest BCUT2D eigenvalue weighted by Crippen LogP contribution is 2.25. The third kappa shape index (κ3) is 2.67. The third-order valence-corrected chi connectivity index (χ3v) is 2.40. The van der Waals surface area contributed by atoms with Gasteiger partial charge in [0.2, 0.25) is 0 Å². The fraction of sp³-hybridized carbons (Fsp3) is 0.889.